The Morgan fingerprint density at radius 2 is 1.79 bits per heavy atom. The zero-order valence-corrected chi connectivity index (χ0v) is 12.4. The Balaban J connectivity index is 1.97. The largest absolute Gasteiger partial charge is 0.113 e. The first-order chi connectivity index (χ1) is 9.15. The molecule has 0 fully saturated rings. The minimum atomic E-state index is -0.168. The molecule has 2 aromatic carbocycles. The van der Waals surface area contributed by atoms with Gasteiger partial charge in [0, 0.05) is 5.02 Å². The lowest BCUT2D eigenvalue weighted by molar-refractivity contribution is 0.911. The second-order valence-corrected chi connectivity index (χ2v) is 6.11. The molecule has 0 heterocycles. The Bertz CT molecular complexity index is 617. The molecule has 0 bridgehead atoms. The molecule has 0 saturated heterocycles. The van der Waals surface area contributed by atoms with Crippen LogP contribution >= 0.6 is 23.2 Å². The third-order valence-corrected chi connectivity index (χ3v) is 4.66. The van der Waals surface area contributed by atoms with E-state index < -0.39 is 0 Å². The number of halogens is 2. The summed E-state index contributed by atoms with van der Waals surface area (Å²) in [5.74, 6) is 0. The van der Waals surface area contributed by atoms with Crippen molar-refractivity contribution in [3.63, 3.8) is 0 Å². The van der Waals surface area contributed by atoms with E-state index in [9.17, 15) is 0 Å². The number of hydrogen-bond donors (Lipinski definition) is 0. The van der Waals surface area contributed by atoms with Gasteiger partial charge in [0.25, 0.3) is 0 Å². The monoisotopic (exact) mass is 290 g/mol. The molecule has 0 nitrogen and oxygen atoms in total. The average molecular weight is 291 g/mol. The number of fused-ring (bicyclic) bond motifs is 1. The van der Waals surface area contributed by atoms with E-state index in [1.165, 1.54) is 30.4 Å². The SMILES string of the molecule is Cc1ccc(C(Cl)c2ccc3c(c2)CCC3)c(Cl)c1. The number of aryl methyl sites for hydroxylation is 3. The van der Waals surface area contributed by atoms with Crippen molar-refractivity contribution < 1.29 is 0 Å². The van der Waals surface area contributed by atoms with E-state index in [2.05, 4.69) is 24.3 Å². The maximum absolute atomic E-state index is 6.61. The van der Waals surface area contributed by atoms with Crippen LogP contribution in [0.25, 0.3) is 0 Å². The van der Waals surface area contributed by atoms with Crippen LogP contribution in [-0.4, -0.2) is 0 Å². The van der Waals surface area contributed by atoms with Gasteiger partial charge in [-0.1, -0.05) is 41.9 Å². The van der Waals surface area contributed by atoms with Gasteiger partial charge in [0.2, 0.25) is 0 Å². The van der Waals surface area contributed by atoms with Gasteiger partial charge in [-0.3, -0.25) is 0 Å². The first-order valence-electron chi connectivity index (χ1n) is 6.67. The average Bonchev–Trinajstić information content (AvgIpc) is 2.85. The molecule has 19 heavy (non-hydrogen) atoms. The number of hydrogen-bond acceptors (Lipinski definition) is 0. The van der Waals surface area contributed by atoms with Crippen LogP contribution in [0.1, 0.15) is 39.6 Å². The van der Waals surface area contributed by atoms with E-state index in [0.29, 0.717) is 0 Å². The standard InChI is InChI=1S/C17H16Cl2/c1-11-5-8-15(16(18)9-11)17(19)14-7-6-12-3-2-4-13(12)10-14/h5-10,17H,2-4H2,1H3. The molecule has 0 radical (unpaired) electrons. The van der Waals surface area contributed by atoms with Crippen molar-refractivity contribution in [2.45, 2.75) is 31.6 Å². The van der Waals surface area contributed by atoms with Crippen LogP contribution in [0.4, 0.5) is 0 Å². The van der Waals surface area contributed by atoms with Crippen LogP contribution in [0.5, 0.6) is 0 Å². The Morgan fingerprint density at radius 1 is 1.00 bits per heavy atom. The summed E-state index contributed by atoms with van der Waals surface area (Å²) < 4.78 is 0. The zero-order valence-electron chi connectivity index (χ0n) is 10.9. The predicted molar refractivity (Wildman–Crippen MR) is 82.4 cm³/mol. The second kappa shape index (κ2) is 5.19. The van der Waals surface area contributed by atoms with E-state index in [1.807, 2.05) is 19.1 Å². The fraction of sp³-hybridized carbons (Fsp3) is 0.294. The van der Waals surface area contributed by atoms with E-state index in [-0.39, 0.29) is 5.38 Å². The fourth-order valence-corrected chi connectivity index (χ4v) is 3.49. The number of benzene rings is 2. The quantitative estimate of drug-likeness (QED) is 0.644. The molecular weight excluding hydrogens is 275 g/mol. The summed E-state index contributed by atoms with van der Waals surface area (Å²) in [6.07, 6.45) is 3.64. The van der Waals surface area contributed by atoms with Crippen LogP contribution in [-0.2, 0) is 12.8 Å². The Kier molecular flexibility index (Phi) is 3.56. The Labute approximate surface area is 124 Å². The first-order valence-corrected chi connectivity index (χ1v) is 7.48. The van der Waals surface area contributed by atoms with Gasteiger partial charge in [-0.25, -0.2) is 0 Å². The minimum Gasteiger partial charge on any atom is -0.113 e. The van der Waals surface area contributed by atoms with E-state index in [4.69, 9.17) is 23.2 Å². The van der Waals surface area contributed by atoms with Crippen molar-refractivity contribution in [3.05, 3.63) is 69.2 Å². The molecule has 0 aliphatic heterocycles. The van der Waals surface area contributed by atoms with E-state index >= 15 is 0 Å². The highest BCUT2D eigenvalue weighted by molar-refractivity contribution is 6.33. The van der Waals surface area contributed by atoms with Gasteiger partial charge in [0.1, 0.15) is 0 Å². The molecule has 1 aliphatic rings. The molecule has 0 amide bonds. The summed E-state index contributed by atoms with van der Waals surface area (Å²) in [4.78, 5) is 0. The van der Waals surface area contributed by atoms with Crippen molar-refractivity contribution >= 4 is 23.2 Å². The Morgan fingerprint density at radius 3 is 2.58 bits per heavy atom. The highest BCUT2D eigenvalue weighted by atomic mass is 35.5. The molecule has 2 heteroatoms. The van der Waals surface area contributed by atoms with Crippen LogP contribution in [0, 0.1) is 6.92 Å². The van der Waals surface area contributed by atoms with Crippen LogP contribution in [0.3, 0.4) is 0 Å². The van der Waals surface area contributed by atoms with Gasteiger partial charge < -0.3 is 0 Å². The zero-order chi connectivity index (χ0) is 13.4. The van der Waals surface area contributed by atoms with Crippen molar-refractivity contribution in [1.82, 2.24) is 0 Å². The molecule has 0 N–H and O–H groups in total. The molecule has 0 aromatic heterocycles. The number of rotatable bonds is 2. The molecule has 1 atom stereocenters. The van der Waals surface area contributed by atoms with Crippen molar-refractivity contribution in [2.75, 3.05) is 0 Å². The lowest BCUT2D eigenvalue weighted by atomic mass is 9.99. The first kappa shape index (κ1) is 13.0. The van der Waals surface area contributed by atoms with Gasteiger partial charge >= 0.3 is 0 Å². The summed E-state index contributed by atoms with van der Waals surface area (Å²) >= 11 is 12.9. The summed E-state index contributed by atoms with van der Waals surface area (Å²) in [6, 6.07) is 12.7. The summed E-state index contributed by atoms with van der Waals surface area (Å²) in [5, 5.41) is 0.583. The molecule has 0 spiro atoms. The maximum Gasteiger partial charge on any atom is 0.0849 e. The van der Waals surface area contributed by atoms with E-state index in [0.717, 1.165) is 21.7 Å². The summed E-state index contributed by atoms with van der Waals surface area (Å²) in [7, 11) is 0. The third-order valence-electron chi connectivity index (χ3n) is 3.84. The topological polar surface area (TPSA) is 0 Å². The van der Waals surface area contributed by atoms with Gasteiger partial charge in [0.05, 0.1) is 5.38 Å². The van der Waals surface area contributed by atoms with Gasteiger partial charge in [0.15, 0.2) is 0 Å². The molecular formula is C17H16Cl2. The minimum absolute atomic E-state index is 0.168. The second-order valence-electron chi connectivity index (χ2n) is 5.27. The van der Waals surface area contributed by atoms with Gasteiger partial charge in [-0.15, -0.1) is 11.6 Å². The van der Waals surface area contributed by atoms with Crippen molar-refractivity contribution in [3.8, 4) is 0 Å². The van der Waals surface area contributed by atoms with Crippen molar-refractivity contribution in [1.29, 1.82) is 0 Å². The predicted octanol–water partition coefficient (Wildman–Crippen LogP) is 5.47. The van der Waals surface area contributed by atoms with E-state index in [1.54, 1.807) is 0 Å². The molecule has 98 valence electrons. The van der Waals surface area contributed by atoms with Crippen LogP contribution in [0.15, 0.2) is 36.4 Å². The maximum atomic E-state index is 6.61. The number of alkyl halides is 1. The molecule has 2 aromatic rings. The normalized spacial score (nSPS) is 15.3. The fourth-order valence-electron chi connectivity index (χ4n) is 2.77. The molecule has 3 rings (SSSR count). The molecule has 0 saturated carbocycles. The highest BCUT2D eigenvalue weighted by Gasteiger charge is 2.17. The van der Waals surface area contributed by atoms with Crippen LogP contribution in [0.2, 0.25) is 5.02 Å². The van der Waals surface area contributed by atoms with Gasteiger partial charge in [-0.2, -0.15) is 0 Å². The lowest BCUT2D eigenvalue weighted by Crippen LogP contribution is -1.96. The molecule has 1 unspecified atom stereocenters. The summed E-state index contributed by atoms with van der Waals surface area (Å²) in [6.45, 7) is 2.04. The highest BCUT2D eigenvalue weighted by Crippen LogP contribution is 2.36. The smallest absolute Gasteiger partial charge is 0.0849 e. The van der Waals surface area contributed by atoms with Crippen LogP contribution < -0.4 is 0 Å². The van der Waals surface area contributed by atoms with Gasteiger partial charge in [-0.05, 0) is 60.1 Å². The summed E-state index contributed by atoms with van der Waals surface area (Å²) in [5.41, 5.74) is 6.22. The lowest BCUT2D eigenvalue weighted by Gasteiger charge is -2.14. The Hall–Kier alpha value is -0.980. The third kappa shape index (κ3) is 2.52. The van der Waals surface area contributed by atoms with Crippen molar-refractivity contribution in [2.24, 2.45) is 0 Å². The molecule has 1 aliphatic carbocycles.